The van der Waals surface area contributed by atoms with Gasteiger partial charge in [-0.1, -0.05) is 24.3 Å². The standard InChI is InChI=1S/C21H22F2N2O2/c22-15-9-7-14(8-10-15)16-12-24-18-5-3-11-25(21(16)18)20(26)13-27-19-6-2-1-4-17(19)23/h1-2,4,6-10,16,18,21,24H,3,5,11-13H2/t16-,18-,21-/m1/s1. The van der Waals surface area contributed by atoms with E-state index in [0.29, 0.717) is 6.54 Å². The number of para-hydroxylation sites is 1. The summed E-state index contributed by atoms with van der Waals surface area (Å²) in [6.07, 6.45) is 1.91. The average molecular weight is 372 g/mol. The second-order valence-corrected chi connectivity index (χ2v) is 7.11. The largest absolute Gasteiger partial charge is 0.481 e. The van der Waals surface area contributed by atoms with E-state index in [4.69, 9.17) is 4.74 Å². The Bertz CT molecular complexity index is 812. The lowest BCUT2D eigenvalue weighted by Gasteiger charge is -2.40. The van der Waals surface area contributed by atoms with Crippen LogP contribution in [0.2, 0.25) is 0 Å². The van der Waals surface area contributed by atoms with Crippen LogP contribution in [0.15, 0.2) is 48.5 Å². The summed E-state index contributed by atoms with van der Waals surface area (Å²) < 4.78 is 32.4. The van der Waals surface area contributed by atoms with Crippen LogP contribution in [0.5, 0.6) is 5.75 Å². The van der Waals surface area contributed by atoms with Crippen molar-refractivity contribution in [1.82, 2.24) is 10.2 Å². The number of nitrogens with one attached hydrogen (secondary N) is 1. The van der Waals surface area contributed by atoms with Crippen LogP contribution >= 0.6 is 0 Å². The first-order valence-corrected chi connectivity index (χ1v) is 9.29. The van der Waals surface area contributed by atoms with Crippen molar-refractivity contribution >= 4 is 5.91 Å². The van der Waals surface area contributed by atoms with Crippen LogP contribution in [0.3, 0.4) is 0 Å². The summed E-state index contributed by atoms with van der Waals surface area (Å²) in [6.45, 7) is 1.21. The van der Waals surface area contributed by atoms with Crippen molar-refractivity contribution in [1.29, 1.82) is 0 Å². The van der Waals surface area contributed by atoms with E-state index >= 15 is 0 Å². The summed E-state index contributed by atoms with van der Waals surface area (Å²) in [5, 5.41) is 3.50. The number of piperidine rings is 1. The Hall–Kier alpha value is -2.47. The molecule has 2 aliphatic rings. The van der Waals surface area contributed by atoms with Gasteiger partial charge in [0.15, 0.2) is 18.2 Å². The predicted molar refractivity (Wildman–Crippen MR) is 97.6 cm³/mol. The Labute approximate surface area is 157 Å². The molecule has 0 spiro atoms. The monoisotopic (exact) mass is 372 g/mol. The molecule has 0 saturated carbocycles. The van der Waals surface area contributed by atoms with E-state index in [1.54, 1.807) is 24.3 Å². The number of rotatable bonds is 4. The maximum Gasteiger partial charge on any atom is 0.260 e. The molecule has 3 atom stereocenters. The van der Waals surface area contributed by atoms with Crippen LogP contribution in [0.25, 0.3) is 0 Å². The summed E-state index contributed by atoms with van der Waals surface area (Å²) in [5.41, 5.74) is 1.02. The minimum atomic E-state index is -0.478. The van der Waals surface area contributed by atoms with E-state index in [9.17, 15) is 13.6 Å². The van der Waals surface area contributed by atoms with E-state index in [-0.39, 0.29) is 42.1 Å². The van der Waals surface area contributed by atoms with Crippen molar-refractivity contribution in [3.63, 3.8) is 0 Å². The van der Waals surface area contributed by atoms with Crippen LogP contribution in [0, 0.1) is 11.6 Å². The zero-order valence-electron chi connectivity index (χ0n) is 14.9. The van der Waals surface area contributed by atoms with Crippen molar-refractivity contribution in [3.05, 3.63) is 65.7 Å². The molecule has 2 aromatic carbocycles. The first-order valence-electron chi connectivity index (χ1n) is 9.29. The molecule has 4 nitrogen and oxygen atoms in total. The number of hydrogen-bond acceptors (Lipinski definition) is 3. The quantitative estimate of drug-likeness (QED) is 0.897. The lowest BCUT2D eigenvalue weighted by atomic mass is 9.86. The number of halogens is 2. The molecule has 0 unspecified atom stereocenters. The number of hydrogen-bond donors (Lipinski definition) is 1. The summed E-state index contributed by atoms with van der Waals surface area (Å²) in [4.78, 5) is 14.7. The molecule has 1 amide bonds. The number of carbonyl (C=O) groups excluding carboxylic acids is 1. The lowest BCUT2D eigenvalue weighted by Crippen LogP contribution is -2.53. The molecule has 2 heterocycles. The van der Waals surface area contributed by atoms with Gasteiger partial charge in [-0.2, -0.15) is 0 Å². The van der Waals surface area contributed by atoms with Crippen LogP contribution < -0.4 is 10.1 Å². The highest BCUT2D eigenvalue weighted by molar-refractivity contribution is 5.78. The Balaban J connectivity index is 1.49. The summed E-state index contributed by atoms with van der Waals surface area (Å²) in [6, 6.07) is 12.8. The molecule has 2 aliphatic heterocycles. The molecule has 27 heavy (non-hydrogen) atoms. The summed E-state index contributed by atoms with van der Waals surface area (Å²) >= 11 is 0. The lowest BCUT2D eigenvalue weighted by molar-refractivity contribution is -0.137. The van der Waals surface area contributed by atoms with Crippen LogP contribution in [0.1, 0.15) is 24.3 Å². The zero-order chi connectivity index (χ0) is 18.8. The smallest absolute Gasteiger partial charge is 0.260 e. The van der Waals surface area contributed by atoms with Crippen molar-refractivity contribution in [3.8, 4) is 5.75 Å². The Kier molecular flexibility index (Phi) is 5.07. The highest BCUT2D eigenvalue weighted by Gasteiger charge is 2.44. The number of nitrogens with zero attached hydrogens (tertiary/aromatic N) is 1. The van der Waals surface area contributed by atoms with Crippen LogP contribution in [-0.2, 0) is 4.79 Å². The van der Waals surface area contributed by atoms with E-state index in [2.05, 4.69) is 5.32 Å². The van der Waals surface area contributed by atoms with Gasteiger partial charge in [0.25, 0.3) is 5.91 Å². The van der Waals surface area contributed by atoms with Crippen molar-refractivity contribution in [2.75, 3.05) is 19.7 Å². The third-order valence-corrected chi connectivity index (χ3v) is 5.50. The molecule has 2 saturated heterocycles. The third kappa shape index (κ3) is 3.67. The van der Waals surface area contributed by atoms with Gasteiger partial charge in [0.05, 0.1) is 6.04 Å². The van der Waals surface area contributed by atoms with Crippen molar-refractivity contribution < 1.29 is 18.3 Å². The fourth-order valence-electron chi connectivity index (χ4n) is 4.24. The normalized spacial score (nSPS) is 24.5. The first kappa shape index (κ1) is 17.9. The highest BCUT2D eigenvalue weighted by atomic mass is 19.1. The Morgan fingerprint density at radius 2 is 1.93 bits per heavy atom. The van der Waals surface area contributed by atoms with E-state index in [1.165, 1.54) is 24.3 Å². The SMILES string of the molecule is O=C(COc1ccccc1F)N1CCC[C@H]2NC[C@H](c3ccc(F)cc3)[C@H]21. The molecule has 142 valence electrons. The first-order chi connectivity index (χ1) is 13.1. The zero-order valence-corrected chi connectivity index (χ0v) is 14.9. The van der Waals surface area contributed by atoms with E-state index < -0.39 is 5.82 Å². The molecular formula is C21H22F2N2O2. The summed E-state index contributed by atoms with van der Waals surface area (Å²) in [5.74, 6) is -0.708. The molecule has 1 N–H and O–H groups in total. The number of amides is 1. The topological polar surface area (TPSA) is 41.6 Å². The Morgan fingerprint density at radius 1 is 1.15 bits per heavy atom. The van der Waals surface area contributed by atoms with Gasteiger partial charge < -0.3 is 15.0 Å². The van der Waals surface area contributed by atoms with Gasteiger partial charge in [0.1, 0.15) is 5.82 Å². The molecule has 0 aromatic heterocycles. The minimum Gasteiger partial charge on any atom is -0.481 e. The van der Waals surface area contributed by atoms with E-state index in [1.807, 2.05) is 4.90 Å². The molecule has 2 aromatic rings. The fraction of sp³-hybridized carbons (Fsp3) is 0.381. The number of fused-ring (bicyclic) bond motifs is 1. The minimum absolute atomic E-state index is 0.000863. The van der Waals surface area contributed by atoms with Gasteiger partial charge in [0, 0.05) is 25.0 Å². The predicted octanol–water partition coefficient (Wildman–Crippen LogP) is 3.09. The summed E-state index contributed by atoms with van der Waals surface area (Å²) in [7, 11) is 0. The van der Waals surface area contributed by atoms with Crippen molar-refractivity contribution in [2.45, 2.75) is 30.8 Å². The molecule has 2 fully saturated rings. The molecule has 0 radical (unpaired) electrons. The van der Waals surface area contributed by atoms with Crippen molar-refractivity contribution in [2.24, 2.45) is 0 Å². The van der Waals surface area contributed by atoms with E-state index in [0.717, 1.165) is 24.9 Å². The van der Waals surface area contributed by atoms with Gasteiger partial charge in [0.2, 0.25) is 0 Å². The van der Waals surface area contributed by atoms with Gasteiger partial charge in [-0.15, -0.1) is 0 Å². The number of carbonyl (C=O) groups is 1. The van der Waals surface area contributed by atoms with Crippen LogP contribution in [-0.4, -0.2) is 42.6 Å². The maximum atomic E-state index is 13.7. The maximum absolute atomic E-state index is 13.7. The molecule has 0 bridgehead atoms. The molecule has 0 aliphatic carbocycles. The average Bonchev–Trinajstić information content (AvgIpc) is 3.12. The second-order valence-electron chi connectivity index (χ2n) is 7.11. The van der Waals surface area contributed by atoms with Gasteiger partial charge >= 0.3 is 0 Å². The Morgan fingerprint density at radius 3 is 2.70 bits per heavy atom. The third-order valence-electron chi connectivity index (χ3n) is 5.50. The van der Waals surface area contributed by atoms with Crippen LogP contribution in [0.4, 0.5) is 8.78 Å². The number of ether oxygens (including phenoxy) is 1. The molecular weight excluding hydrogens is 350 g/mol. The molecule has 4 rings (SSSR count). The fourth-order valence-corrected chi connectivity index (χ4v) is 4.24. The number of benzene rings is 2. The van der Waals surface area contributed by atoms with Gasteiger partial charge in [-0.3, -0.25) is 4.79 Å². The highest BCUT2D eigenvalue weighted by Crippen LogP contribution is 2.35. The number of likely N-dealkylation sites (tertiary alicyclic amines) is 1. The second kappa shape index (κ2) is 7.64. The van der Waals surface area contributed by atoms with Gasteiger partial charge in [-0.25, -0.2) is 8.78 Å². The van der Waals surface area contributed by atoms with Gasteiger partial charge in [-0.05, 0) is 42.7 Å². The molecule has 6 heteroatoms.